The topological polar surface area (TPSA) is 66.0 Å². The second kappa shape index (κ2) is 10.1. The van der Waals surface area contributed by atoms with Gasteiger partial charge in [0.15, 0.2) is 11.5 Å². The zero-order valence-corrected chi connectivity index (χ0v) is 16.1. The summed E-state index contributed by atoms with van der Waals surface area (Å²) in [7, 11) is 4.67. The predicted octanol–water partition coefficient (Wildman–Crippen LogP) is 3.23. The Kier molecular flexibility index (Phi) is 7.55. The molecule has 0 saturated heterocycles. The zero-order valence-electron chi connectivity index (χ0n) is 16.1. The summed E-state index contributed by atoms with van der Waals surface area (Å²) in [6.45, 7) is 2.81. The van der Waals surface area contributed by atoms with Crippen LogP contribution in [0.15, 0.2) is 42.5 Å². The Hall–Kier alpha value is -3.15. The average Bonchev–Trinajstić information content (AvgIpc) is 2.70. The lowest BCUT2D eigenvalue weighted by molar-refractivity contribution is -0.116. The number of nitrogens with one attached hydrogen (secondary N) is 1. The molecule has 2 aromatic carbocycles. The number of hydrogen-bond acceptors (Lipinski definition) is 5. The van der Waals surface area contributed by atoms with Crippen LogP contribution in [0, 0.1) is 6.92 Å². The van der Waals surface area contributed by atoms with E-state index in [1.807, 2.05) is 31.2 Å². The minimum absolute atomic E-state index is 0.223. The van der Waals surface area contributed by atoms with Gasteiger partial charge in [0.1, 0.15) is 18.1 Å². The SMILES string of the molecule is COc1cc(OC)c(OC)cc1/C=C/C(=O)NCCOc1ccc(C)cc1. The van der Waals surface area contributed by atoms with Crippen molar-refractivity contribution in [1.29, 1.82) is 0 Å². The van der Waals surface area contributed by atoms with Crippen molar-refractivity contribution in [3.63, 3.8) is 0 Å². The van der Waals surface area contributed by atoms with Crippen molar-refractivity contribution in [3.05, 3.63) is 53.6 Å². The molecule has 0 atom stereocenters. The van der Waals surface area contributed by atoms with Gasteiger partial charge in [0.25, 0.3) is 0 Å². The number of carbonyl (C=O) groups excluding carboxylic acids is 1. The Balaban J connectivity index is 1.89. The van der Waals surface area contributed by atoms with Crippen LogP contribution < -0.4 is 24.3 Å². The van der Waals surface area contributed by atoms with Gasteiger partial charge in [-0.25, -0.2) is 0 Å². The largest absolute Gasteiger partial charge is 0.496 e. The standard InChI is InChI=1S/C21H25NO5/c1-15-5-8-17(9-6-15)27-12-11-22-21(23)10-7-16-13-19(25-3)20(26-4)14-18(16)24-2/h5-10,13-14H,11-12H2,1-4H3,(H,22,23)/b10-7+. The fraction of sp³-hybridized carbons (Fsp3) is 0.286. The quantitative estimate of drug-likeness (QED) is 0.542. The number of aryl methyl sites for hydroxylation is 1. The van der Waals surface area contributed by atoms with E-state index in [-0.39, 0.29) is 5.91 Å². The van der Waals surface area contributed by atoms with Crippen LogP contribution in [0.5, 0.6) is 23.0 Å². The van der Waals surface area contributed by atoms with Crippen LogP contribution in [0.3, 0.4) is 0 Å². The second-order valence-corrected chi connectivity index (χ2v) is 5.74. The molecule has 0 bridgehead atoms. The van der Waals surface area contributed by atoms with Crippen molar-refractivity contribution in [1.82, 2.24) is 5.32 Å². The number of hydrogen-bond donors (Lipinski definition) is 1. The van der Waals surface area contributed by atoms with Crippen LogP contribution in [0.25, 0.3) is 6.08 Å². The third-order valence-electron chi connectivity index (χ3n) is 3.84. The lowest BCUT2D eigenvalue weighted by atomic mass is 10.1. The van der Waals surface area contributed by atoms with E-state index >= 15 is 0 Å². The molecule has 0 aliphatic heterocycles. The number of benzene rings is 2. The van der Waals surface area contributed by atoms with E-state index in [1.165, 1.54) is 11.6 Å². The third-order valence-corrected chi connectivity index (χ3v) is 3.84. The summed E-state index contributed by atoms with van der Waals surface area (Å²) in [4.78, 5) is 12.0. The van der Waals surface area contributed by atoms with Crippen molar-refractivity contribution in [3.8, 4) is 23.0 Å². The van der Waals surface area contributed by atoms with E-state index in [0.717, 1.165) is 5.75 Å². The monoisotopic (exact) mass is 371 g/mol. The molecule has 0 saturated carbocycles. The third kappa shape index (κ3) is 5.95. The highest BCUT2D eigenvalue weighted by atomic mass is 16.5. The van der Waals surface area contributed by atoms with Gasteiger partial charge in [-0.15, -0.1) is 0 Å². The molecule has 0 aliphatic carbocycles. The van der Waals surface area contributed by atoms with Crippen LogP contribution in [-0.4, -0.2) is 40.4 Å². The van der Waals surface area contributed by atoms with Crippen LogP contribution in [-0.2, 0) is 4.79 Å². The van der Waals surface area contributed by atoms with Crippen LogP contribution in [0.1, 0.15) is 11.1 Å². The fourth-order valence-corrected chi connectivity index (χ4v) is 2.39. The normalized spacial score (nSPS) is 10.5. The summed E-state index contributed by atoms with van der Waals surface area (Å²) in [6.07, 6.45) is 3.10. The molecule has 1 amide bonds. The Morgan fingerprint density at radius 1 is 0.963 bits per heavy atom. The maximum absolute atomic E-state index is 12.0. The highest BCUT2D eigenvalue weighted by Crippen LogP contribution is 2.35. The van der Waals surface area contributed by atoms with Crippen molar-refractivity contribution >= 4 is 12.0 Å². The summed E-state index contributed by atoms with van der Waals surface area (Å²) in [5, 5.41) is 2.78. The van der Waals surface area contributed by atoms with E-state index in [9.17, 15) is 4.79 Å². The smallest absolute Gasteiger partial charge is 0.244 e. The summed E-state index contributed by atoms with van der Waals surface area (Å²) in [6, 6.07) is 11.2. The first-order chi connectivity index (χ1) is 13.1. The molecule has 2 rings (SSSR count). The van der Waals surface area contributed by atoms with Gasteiger partial charge in [-0.05, 0) is 31.2 Å². The van der Waals surface area contributed by atoms with E-state index in [0.29, 0.717) is 36.0 Å². The molecule has 1 N–H and O–H groups in total. The van der Waals surface area contributed by atoms with Gasteiger partial charge in [0, 0.05) is 17.7 Å². The van der Waals surface area contributed by atoms with Crippen molar-refractivity contribution in [2.75, 3.05) is 34.5 Å². The summed E-state index contributed by atoms with van der Waals surface area (Å²) < 4.78 is 21.4. The summed E-state index contributed by atoms with van der Waals surface area (Å²) >= 11 is 0. The lowest BCUT2D eigenvalue weighted by Gasteiger charge is -2.12. The molecule has 0 unspecified atom stereocenters. The molecule has 2 aromatic rings. The number of amides is 1. The minimum Gasteiger partial charge on any atom is -0.496 e. The molecule has 0 spiro atoms. The van der Waals surface area contributed by atoms with E-state index in [1.54, 1.807) is 39.5 Å². The van der Waals surface area contributed by atoms with Crippen molar-refractivity contribution in [2.24, 2.45) is 0 Å². The maximum Gasteiger partial charge on any atom is 0.244 e. The Bertz CT molecular complexity index is 784. The summed E-state index contributed by atoms with van der Waals surface area (Å²) in [5.41, 5.74) is 1.88. The van der Waals surface area contributed by atoms with Gasteiger partial charge < -0.3 is 24.3 Å². The number of rotatable bonds is 9. The van der Waals surface area contributed by atoms with E-state index in [4.69, 9.17) is 18.9 Å². The van der Waals surface area contributed by atoms with E-state index < -0.39 is 0 Å². The van der Waals surface area contributed by atoms with Gasteiger partial charge in [0.05, 0.1) is 27.9 Å². The number of carbonyl (C=O) groups is 1. The molecule has 6 nitrogen and oxygen atoms in total. The maximum atomic E-state index is 12.0. The molecule has 0 heterocycles. The predicted molar refractivity (Wildman–Crippen MR) is 105 cm³/mol. The first-order valence-corrected chi connectivity index (χ1v) is 8.52. The molecule has 144 valence electrons. The van der Waals surface area contributed by atoms with Crippen LogP contribution >= 0.6 is 0 Å². The van der Waals surface area contributed by atoms with Gasteiger partial charge in [-0.2, -0.15) is 0 Å². The molecule has 0 fully saturated rings. The average molecular weight is 371 g/mol. The Morgan fingerprint density at radius 3 is 2.22 bits per heavy atom. The first kappa shape index (κ1) is 20.2. The Morgan fingerprint density at radius 2 is 1.59 bits per heavy atom. The molecule has 0 aliphatic rings. The van der Waals surface area contributed by atoms with Gasteiger partial charge >= 0.3 is 0 Å². The van der Waals surface area contributed by atoms with Crippen molar-refractivity contribution < 1.29 is 23.7 Å². The minimum atomic E-state index is -0.223. The number of methoxy groups -OCH3 is 3. The molecule has 6 heteroatoms. The summed E-state index contributed by atoms with van der Waals surface area (Å²) in [5.74, 6) is 2.26. The zero-order chi connectivity index (χ0) is 19.6. The number of ether oxygens (including phenoxy) is 4. The van der Waals surface area contributed by atoms with Gasteiger partial charge in [0.2, 0.25) is 5.91 Å². The lowest BCUT2D eigenvalue weighted by Crippen LogP contribution is -2.26. The van der Waals surface area contributed by atoms with Gasteiger partial charge in [-0.3, -0.25) is 4.79 Å². The fourth-order valence-electron chi connectivity index (χ4n) is 2.39. The van der Waals surface area contributed by atoms with Gasteiger partial charge in [-0.1, -0.05) is 17.7 Å². The molecule has 0 aromatic heterocycles. The molecular weight excluding hydrogens is 346 g/mol. The first-order valence-electron chi connectivity index (χ1n) is 8.52. The van der Waals surface area contributed by atoms with Crippen LogP contribution in [0.2, 0.25) is 0 Å². The highest BCUT2D eigenvalue weighted by molar-refractivity contribution is 5.92. The second-order valence-electron chi connectivity index (χ2n) is 5.74. The highest BCUT2D eigenvalue weighted by Gasteiger charge is 2.10. The molecule has 27 heavy (non-hydrogen) atoms. The molecule has 0 radical (unpaired) electrons. The molecular formula is C21H25NO5. The van der Waals surface area contributed by atoms with E-state index in [2.05, 4.69) is 5.32 Å². The Labute approximate surface area is 159 Å². The van der Waals surface area contributed by atoms with Crippen LogP contribution in [0.4, 0.5) is 0 Å². The van der Waals surface area contributed by atoms with Crippen molar-refractivity contribution in [2.45, 2.75) is 6.92 Å².